The topological polar surface area (TPSA) is 108 Å². The fourth-order valence-electron chi connectivity index (χ4n) is 3.73. The van der Waals surface area contributed by atoms with Crippen molar-refractivity contribution in [2.75, 3.05) is 46.2 Å². The molecule has 0 aliphatic heterocycles. The summed E-state index contributed by atoms with van der Waals surface area (Å²) in [5, 5.41) is 10.5. The van der Waals surface area contributed by atoms with E-state index < -0.39 is 16.2 Å². The van der Waals surface area contributed by atoms with E-state index in [9.17, 15) is 18.3 Å². The Kier molecular flexibility index (Phi) is 12.8. The number of hydrogen-bond donors (Lipinski definition) is 1. The lowest BCUT2D eigenvalue weighted by atomic mass is 9.97. The van der Waals surface area contributed by atoms with E-state index in [1.54, 1.807) is 42.5 Å². The number of aliphatic hydroxyl groups excluding tert-OH is 1. The monoisotopic (exact) mass is 556 g/mol. The third-order valence-electron chi connectivity index (χ3n) is 5.85. The number of ether oxygens (including phenoxy) is 3. The molecule has 9 heteroatoms. The average molecular weight is 557 g/mol. The molecule has 0 saturated carbocycles. The van der Waals surface area contributed by atoms with Crippen molar-refractivity contribution < 1.29 is 36.7 Å². The average Bonchev–Trinajstić information content (AvgIpc) is 2.95. The van der Waals surface area contributed by atoms with Gasteiger partial charge in [0.15, 0.2) is 5.78 Å². The van der Waals surface area contributed by atoms with Gasteiger partial charge in [0.2, 0.25) is 0 Å². The lowest BCUT2D eigenvalue weighted by Gasteiger charge is -2.12. The Labute approximate surface area is 230 Å². The third kappa shape index (κ3) is 10.6. The first kappa shape index (κ1) is 30.6. The van der Waals surface area contributed by atoms with Crippen LogP contribution in [0.15, 0.2) is 83.8 Å². The van der Waals surface area contributed by atoms with Crippen molar-refractivity contribution in [3.05, 3.63) is 101 Å². The molecule has 0 bridgehead atoms. The van der Waals surface area contributed by atoms with Crippen molar-refractivity contribution in [3.8, 4) is 0 Å². The molecule has 1 N–H and O–H groups in total. The maximum absolute atomic E-state index is 12.5. The van der Waals surface area contributed by atoms with E-state index >= 15 is 0 Å². The van der Waals surface area contributed by atoms with E-state index in [1.165, 1.54) is 12.1 Å². The first-order valence-corrected chi connectivity index (χ1v) is 14.3. The van der Waals surface area contributed by atoms with Crippen LogP contribution in [0, 0.1) is 6.92 Å². The van der Waals surface area contributed by atoms with Crippen LogP contribution in [0.2, 0.25) is 0 Å². The smallest absolute Gasteiger partial charge is 0.297 e. The molecule has 0 saturated heterocycles. The zero-order valence-electron chi connectivity index (χ0n) is 22.2. The zero-order chi connectivity index (χ0) is 27.9. The van der Waals surface area contributed by atoms with Crippen LogP contribution < -0.4 is 0 Å². The summed E-state index contributed by atoms with van der Waals surface area (Å²) < 4.78 is 45.6. The van der Waals surface area contributed by atoms with Gasteiger partial charge in [0, 0.05) is 12.2 Å². The van der Waals surface area contributed by atoms with Crippen LogP contribution in [0.4, 0.5) is 0 Å². The molecule has 210 valence electrons. The minimum atomic E-state index is -3.78. The molecular weight excluding hydrogens is 520 g/mol. The van der Waals surface area contributed by atoms with Gasteiger partial charge < -0.3 is 19.3 Å². The summed E-state index contributed by atoms with van der Waals surface area (Å²) in [6, 6.07) is 22.7. The number of carbonyl (C=O) groups is 1. The number of hydrogen-bond acceptors (Lipinski definition) is 8. The van der Waals surface area contributed by atoms with E-state index in [0.717, 1.165) is 24.0 Å². The van der Waals surface area contributed by atoms with Gasteiger partial charge in [-0.2, -0.15) is 8.42 Å². The van der Waals surface area contributed by atoms with Gasteiger partial charge in [-0.1, -0.05) is 72.3 Å². The molecule has 0 radical (unpaired) electrons. The Morgan fingerprint density at radius 2 is 1.38 bits per heavy atom. The molecule has 0 aromatic heterocycles. The maximum atomic E-state index is 12.5. The maximum Gasteiger partial charge on any atom is 0.297 e. The second kappa shape index (κ2) is 16.2. The molecule has 1 atom stereocenters. The molecule has 0 aliphatic carbocycles. The minimum Gasteiger partial charge on any atom is -0.380 e. The number of benzene rings is 3. The van der Waals surface area contributed by atoms with Crippen LogP contribution in [0.5, 0.6) is 0 Å². The number of Topliss-reactive ketones (excluding diaryl/α,β-unsaturated/α-hetero) is 1. The van der Waals surface area contributed by atoms with Crippen molar-refractivity contribution in [2.24, 2.45) is 0 Å². The largest absolute Gasteiger partial charge is 0.380 e. The highest BCUT2D eigenvalue weighted by Crippen LogP contribution is 2.20. The molecule has 0 aliphatic rings. The highest BCUT2D eigenvalue weighted by Gasteiger charge is 2.19. The van der Waals surface area contributed by atoms with Gasteiger partial charge in [-0.3, -0.25) is 8.98 Å². The quantitative estimate of drug-likeness (QED) is 0.140. The summed E-state index contributed by atoms with van der Waals surface area (Å²) in [6.45, 7) is 4.07. The predicted octanol–water partition coefficient (Wildman–Crippen LogP) is 4.30. The Hall–Kier alpha value is -2.92. The fraction of sp³-hybridized carbons (Fsp3) is 0.367. The van der Waals surface area contributed by atoms with Crippen molar-refractivity contribution in [1.29, 1.82) is 0 Å². The number of ketones is 1. The molecule has 3 rings (SSSR count). The number of aryl methyl sites for hydroxylation is 2. The molecule has 3 aromatic carbocycles. The highest BCUT2D eigenvalue weighted by molar-refractivity contribution is 7.86. The molecular formula is C30H36O8S. The van der Waals surface area contributed by atoms with Crippen molar-refractivity contribution in [2.45, 2.75) is 30.8 Å². The third-order valence-corrected chi connectivity index (χ3v) is 7.17. The summed E-state index contributed by atoms with van der Waals surface area (Å²) in [5.74, 6) is -0.319. The van der Waals surface area contributed by atoms with Crippen molar-refractivity contribution in [3.63, 3.8) is 0 Å². The van der Waals surface area contributed by atoms with Crippen LogP contribution >= 0.6 is 0 Å². The highest BCUT2D eigenvalue weighted by atomic mass is 32.2. The van der Waals surface area contributed by atoms with Crippen molar-refractivity contribution in [1.82, 2.24) is 0 Å². The van der Waals surface area contributed by atoms with Gasteiger partial charge >= 0.3 is 0 Å². The van der Waals surface area contributed by atoms with E-state index in [4.69, 9.17) is 18.4 Å². The minimum absolute atomic E-state index is 0.0650. The van der Waals surface area contributed by atoms with E-state index in [2.05, 4.69) is 0 Å². The SMILES string of the molecule is Cc1ccc(S(=O)(=O)OCCOCCOCCOCCCc2cccc(C(O)C(=O)c3ccccc3)c2)cc1. The number of carbonyl (C=O) groups excluding carboxylic acids is 1. The Morgan fingerprint density at radius 3 is 2.05 bits per heavy atom. The predicted molar refractivity (Wildman–Crippen MR) is 147 cm³/mol. The molecule has 0 spiro atoms. The Bertz CT molecular complexity index is 1240. The molecule has 0 amide bonds. The Morgan fingerprint density at radius 1 is 0.769 bits per heavy atom. The zero-order valence-corrected chi connectivity index (χ0v) is 23.0. The lowest BCUT2D eigenvalue weighted by molar-refractivity contribution is 0.00938. The van der Waals surface area contributed by atoms with Crippen LogP contribution in [0.25, 0.3) is 0 Å². The molecule has 39 heavy (non-hydrogen) atoms. The van der Waals surface area contributed by atoms with E-state index in [-0.39, 0.29) is 23.9 Å². The summed E-state index contributed by atoms with van der Waals surface area (Å²) in [7, 11) is -3.78. The molecule has 3 aromatic rings. The molecule has 8 nitrogen and oxygen atoms in total. The summed E-state index contributed by atoms with van der Waals surface area (Å²) >= 11 is 0. The first-order chi connectivity index (χ1) is 18.9. The van der Waals surface area contributed by atoms with Gasteiger partial charge in [-0.25, -0.2) is 0 Å². The molecule has 1 unspecified atom stereocenters. The van der Waals surface area contributed by atoms with Crippen molar-refractivity contribution >= 4 is 15.9 Å². The summed E-state index contributed by atoms with van der Waals surface area (Å²) in [5.41, 5.74) is 3.06. The normalized spacial score (nSPS) is 12.4. The summed E-state index contributed by atoms with van der Waals surface area (Å²) in [6.07, 6.45) is 0.362. The van der Waals surface area contributed by atoms with Gasteiger partial charge in [0.05, 0.1) is 44.5 Å². The number of rotatable bonds is 18. The second-order valence-electron chi connectivity index (χ2n) is 8.91. The van der Waals surface area contributed by atoms with E-state index in [0.29, 0.717) is 44.2 Å². The van der Waals surface area contributed by atoms with Crippen LogP contribution in [0.3, 0.4) is 0 Å². The fourth-order valence-corrected chi connectivity index (χ4v) is 4.62. The van der Waals surface area contributed by atoms with Crippen LogP contribution in [-0.2, 0) is 34.9 Å². The van der Waals surface area contributed by atoms with Gasteiger partial charge in [-0.15, -0.1) is 0 Å². The molecule has 0 heterocycles. The van der Waals surface area contributed by atoms with Gasteiger partial charge in [0.25, 0.3) is 10.1 Å². The number of aliphatic hydroxyl groups is 1. The second-order valence-corrected chi connectivity index (χ2v) is 10.5. The van der Waals surface area contributed by atoms with Crippen LogP contribution in [-0.4, -0.2) is 65.6 Å². The first-order valence-electron chi connectivity index (χ1n) is 12.9. The summed E-state index contributed by atoms with van der Waals surface area (Å²) in [4.78, 5) is 12.6. The molecule has 0 fully saturated rings. The van der Waals surface area contributed by atoms with Gasteiger partial charge in [0.1, 0.15) is 6.10 Å². The van der Waals surface area contributed by atoms with Gasteiger partial charge in [-0.05, 0) is 43.0 Å². The van der Waals surface area contributed by atoms with Crippen LogP contribution in [0.1, 0.15) is 39.6 Å². The lowest BCUT2D eigenvalue weighted by Crippen LogP contribution is -2.14. The Balaban J connectivity index is 1.20. The van der Waals surface area contributed by atoms with E-state index in [1.807, 2.05) is 31.2 Å². The standard InChI is InChI=1S/C30H36O8S/c1-24-12-14-28(15-13-24)39(33,34)38-22-21-37-20-19-36-18-17-35-16-6-8-25-7-5-11-27(23-25)30(32)29(31)26-9-3-2-4-10-26/h2-5,7,9-15,23,30,32H,6,8,16-22H2,1H3.